The van der Waals surface area contributed by atoms with Crippen LogP contribution in [0.15, 0.2) is 0 Å². The van der Waals surface area contributed by atoms with Gasteiger partial charge in [-0.2, -0.15) is 13.2 Å². The third-order valence-electron chi connectivity index (χ3n) is 5.89. The van der Waals surface area contributed by atoms with E-state index in [1.165, 1.54) is 0 Å². The summed E-state index contributed by atoms with van der Waals surface area (Å²) in [6.45, 7) is -3.95. The normalized spacial score (nSPS) is 14.5. The van der Waals surface area contributed by atoms with Crippen molar-refractivity contribution in [3.8, 4) is 0 Å². The van der Waals surface area contributed by atoms with Crippen LogP contribution in [0.1, 0.15) is 25.7 Å². The van der Waals surface area contributed by atoms with Crippen LogP contribution in [-0.4, -0.2) is 155 Å². The zero-order valence-corrected chi connectivity index (χ0v) is 31.3. The summed E-state index contributed by atoms with van der Waals surface area (Å²) in [6.07, 6.45) is -7.69. The van der Waals surface area contributed by atoms with Gasteiger partial charge in [-0.25, -0.2) is 18.5 Å². The zero-order valence-electron chi connectivity index (χ0n) is 28.6. The first-order valence-electron chi connectivity index (χ1n) is 14.7. The summed E-state index contributed by atoms with van der Waals surface area (Å²) in [6, 6.07) is -9.83. The zero-order chi connectivity index (χ0) is 45.1. The minimum atomic E-state index is -5.42. The highest BCUT2D eigenvalue weighted by Gasteiger charge is 2.38. The standard InChI is InChI=1S/C20H37N6O21P3.C2HF3O2/c1-22-17(32)10(2-4-14(27)28)23-18(33)11(3-5-15(29)30)24-19(34)13(8-47-50(42,43)44)26-20(35)12(7-46-49(39,40)41)25-16(31)9(21)6-45-48(36,37)38;3-2(4,5)1(6)7/h9-13H,2-8,21H2,1H3,(H,22,32)(H,23,33)(H,24,34)(H,25,31)(H,26,35)(H,27,28)(H,29,30)(H2,36,37,38)(H2,39,40,41)(H2,42,43,44);(H,6,7)/t9-,10-,11-,12-,13-;/m0./s1. The Morgan fingerprint density at radius 2 is 0.842 bits per heavy atom. The van der Waals surface area contributed by atoms with Crippen molar-refractivity contribution in [2.75, 3.05) is 26.9 Å². The monoisotopic (exact) mass is 904 g/mol. The van der Waals surface area contributed by atoms with Gasteiger partial charge >= 0.3 is 47.6 Å². The molecule has 35 heteroatoms. The smallest absolute Gasteiger partial charge is 0.481 e. The van der Waals surface area contributed by atoms with E-state index in [1.54, 1.807) is 10.6 Å². The van der Waals surface area contributed by atoms with E-state index in [0.717, 1.165) is 7.05 Å². The largest absolute Gasteiger partial charge is 0.490 e. The average molecular weight is 904 g/mol. The number of carboxylic acid groups (broad SMARTS) is 3. The lowest BCUT2D eigenvalue weighted by Crippen LogP contribution is -2.60. The number of carbonyl (C=O) groups excluding carboxylic acids is 5. The van der Waals surface area contributed by atoms with Crippen molar-refractivity contribution in [1.82, 2.24) is 26.6 Å². The van der Waals surface area contributed by atoms with Crippen LogP contribution in [0.2, 0.25) is 0 Å². The Kier molecular flexibility index (Phi) is 23.7. The van der Waals surface area contributed by atoms with Crippen LogP contribution >= 0.6 is 23.5 Å². The summed E-state index contributed by atoms with van der Waals surface area (Å²) >= 11 is 0. The number of aliphatic carboxylic acids is 3. The molecule has 0 radical (unpaired) electrons. The number of phosphoric acid groups is 3. The Hall–Kier alpha value is -4.16. The van der Waals surface area contributed by atoms with E-state index in [2.05, 4.69) is 24.2 Å². The van der Waals surface area contributed by atoms with Crippen molar-refractivity contribution in [3.63, 3.8) is 0 Å². The summed E-state index contributed by atoms with van der Waals surface area (Å²) in [5.74, 6) is -12.3. The molecule has 29 nitrogen and oxygen atoms in total. The first-order valence-corrected chi connectivity index (χ1v) is 19.3. The maximum absolute atomic E-state index is 13.2. The molecular formula is C22H38F3N6O23P3. The predicted octanol–water partition coefficient (Wildman–Crippen LogP) is -5.31. The molecule has 0 bridgehead atoms. The molecule has 0 rings (SSSR count). The van der Waals surface area contributed by atoms with Gasteiger partial charge in [0.15, 0.2) is 0 Å². The van der Waals surface area contributed by atoms with E-state index >= 15 is 0 Å². The molecule has 0 unspecified atom stereocenters. The van der Waals surface area contributed by atoms with E-state index in [9.17, 15) is 60.4 Å². The number of nitrogens with two attached hydrogens (primary N) is 1. The molecule has 330 valence electrons. The lowest BCUT2D eigenvalue weighted by Gasteiger charge is -2.26. The third-order valence-corrected chi connectivity index (χ3v) is 7.35. The molecule has 0 saturated carbocycles. The maximum Gasteiger partial charge on any atom is 0.490 e. The number of hydrogen-bond acceptors (Lipinski definition) is 15. The molecule has 5 atom stereocenters. The molecule has 0 aliphatic heterocycles. The molecule has 0 heterocycles. The summed E-state index contributed by atoms with van der Waals surface area (Å²) in [5, 5.41) is 35.0. The Morgan fingerprint density at radius 1 is 0.561 bits per heavy atom. The predicted molar refractivity (Wildman–Crippen MR) is 171 cm³/mol. The number of hydrogen-bond donors (Lipinski definition) is 15. The number of carboxylic acids is 3. The van der Waals surface area contributed by atoms with Crippen LogP contribution in [0.5, 0.6) is 0 Å². The van der Waals surface area contributed by atoms with Gasteiger partial charge in [-0.15, -0.1) is 0 Å². The van der Waals surface area contributed by atoms with Crippen molar-refractivity contribution < 1.29 is 123 Å². The van der Waals surface area contributed by atoms with Crippen LogP contribution in [0.3, 0.4) is 0 Å². The van der Waals surface area contributed by atoms with Crippen LogP contribution in [0.4, 0.5) is 13.2 Å². The molecule has 0 spiro atoms. The fourth-order valence-electron chi connectivity index (χ4n) is 3.31. The number of likely N-dealkylation sites (N-methyl/N-ethyl adjacent to an activating group) is 1. The highest BCUT2D eigenvalue weighted by molar-refractivity contribution is 7.46. The molecular weight excluding hydrogens is 866 g/mol. The van der Waals surface area contributed by atoms with E-state index in [1.807, 2.05) is 5.32 Å². The summed E-state index contributed by atoms with van der Waals surface area (Å²) in [4.78, 5) is 149. The van der Waals surface area contributed by atoms with Crippen LogP contribution in [-0.2, 0) is 65.6 Å². The van der Waals surface area contributed by atoms with E-state index < -0.39 is 153 Å². The number of carbonyl (C=O) groups is 8. The topological polar surface area (TPSA) is 484 Å². The van der Waals surface area contributed by atoms with Gasteiger partial charge in [-0.05, 0) is 12.8 Å². The number of halogens is 3. The SMILES string of the molecule is CNC(=O)[C@H](CCC(=O)O)NC(=O)[C@H](CCC(=O)O)NC(=O)[C@H](COP(=O)(O)O)NC(=O)[C@H](COP(=O)(O)O)NC(=O)[C@@H](N)COP(=O)(O)O.O=C(O)C(F)(F)F. The van der Waals surface area contributed by atoms with Crippen LogP contribution < -0.4 is 32.3 Å². The van der Waals surface area contributed by atoms with Gasteiger partial charge in [-0.3, -0.25) is 47.1 Å². The van der Waals surface area contributed by atoms with Crippen molar-refractivity contribution in [3.05, 3.63) is 0 Å². The highest BCUT2D eigenvalue weighted by Crippen LogP contribution is 2.37. The summed E-state index contributed by atoms with van der Waals surface area (Å²) < 4.78 is 77.6. The Balaban J connectivity index is 0. The van der Waals surface area contributed by atoms with Gasteiger partial charge in [0, 0.05) is 19.9 Å². The fourth-order valence-corrected chi connectivity index (χ4v) is 4.35. The minimum Gasteiger partial charge on any atom is -0.481 e. The molecule has 0 fully saturated rings. The summed E-state index contributed by atoms with van der Waals surface area (Å²) in [7, 11) is -14.8. The van der Waals surface area contributed by atoms with Crippen molar-refractivity contribution in [2.45, 2.75) is 62.1 Å². The van der Waals surface area contributed by atoms with E-state index in [-0.39, 0.29) is 0 Å². The van der Waals surface area contributed by atoms with Crippen molar-refractivity contribution in [1.29, 1.82) is 0 Å². The Morgan fingerprint density at radius 3 is 1.14 bits per heavy atom. The molecule has 0 aromatic carbocycles. The third kappa shape index (κ3) is 28.0. The van der Waals surface area contributed by atoms with Gasteiger partial charge in [0.1, 0.15) is 30.2 Å². The maximum atomic E-state index is 13.2. The molecule has 0 aliphatic carbocycles. The molecule has 5 amide bonds. The number of amides is 5. The van der Waals surface area contributed by atoms with Gasteiger partial charge in [-0.1, -0.05) is 0 Å². The van der Waals surface area contributed by atoms with Gasteiger partial charge < -0.3 is 77.0 Å². The second-order valence-corrected chi connectivity index (χ2v) is 14.2. The van der Waals surface area contributed by atoms with Crippen molar-refractivity contribution in [2.24, 2.45) is 5.73 Å². The van der Waals surface area contributed by atoms with Gasteiger partial charge in [0.25, 0.3) is 0 Å². The first kappa shape index (κ1) is 54.9. The van der Waals surface area contributed by atoms with Crippen LogP contribution in [0.25, 0.3) is 0 Å². The fraction of sp³-hybridized carbons (Fsp3) is 0.636. The number of alkyl halides is 3. The molecule has 0 aromatic heterocycles. The Bertz CT molecular complexity index is 1590. The number of phosphoric ester groups is 3. The second kappa shape index (κ2) is 24.6. The molecule has 0 saturated heterocycles. The first-order chi connectivity index (χ1) is 25.7. The number of rotatable bonds is 24. The summed E-state index contributed by atoms with van der Waals surface area (Å²) in [5.41, 5.74) is 5.42. The average Bonchev–Trinajstić information content (AvgIpc) is 3.05. The molecule has 16 N–H and O–H groups in total. The minimum absolute atomic E-state index is 0.464. The van der Waals surface area contributed by atoms with Gasteiger partial charge in [0.2, 0.25) is 29.5 Å². The highest BCUT2D eigenvalue weighted by atomic mass is 31.2. The lowest BCUT2D eigenvalue weighted by molar-refractivity contribution is -0.192. The van der Waals surface area contributed by atoms with E-state index in [4.69, 9.17) is 55.2 Å². The molecule has 57 heavy (non-hydrogen) atoms. The van der Waals surface area contributed by atoms with Gasteiger partial charge in [0.05, 0.1) is 19.8 Å². The molecule has 0 aliphatic rings. The second-order valence-electron chi connectivity index (χ2n) is 10.5. The number of nitrogens with one attached hydrogen (secondary N) is 5. The Labute approximate surface area is 315 Å². The van der Waals surface area contributed by atoms with E-state index in [0.29, 0.717) is 0 Å². The van der Waals surface area contributed by atoms with Crippen molar-refractivity contribution >= 4 is 70.9 Å². The lowest BCUT2D eigenvalue weighted by atomic mass is 10.1. The quantitative estimate of drug-likeness (QED) is 0.0402. The van der Waals surface area contributed by atoms with Crippen LogP contribution in [0, 0.1) is 0 Å². The molecule has 0 aromatic rings.